The van der Waals surface area contributed by atoms with Gasteiger partial charge in [-0.05, 0) is 89.9 Å². The van der Waals surface area contributed by atoms with Crippen molar-refractivity contribution in [3.8, 4) is 0 Å². The van der Waals surface area contributed by atoms with Crippen molar-refractivity contribution >= 4 is 17.9 Å². The Morgan fingerprint density at radius 1 is 0.344 bits per heavy atom. The molecule has 0 saturated heterocycles. The maximum Gasteiger partial charge on any atom is 0.306 e. The van der Waals surface area contributed by atoms with Crippen molar-refractivity contribution in [3.63, 3.8) is 0 Å². The van der Waals surface area contributed by atoms with Gasteiger partial charge in [0, 0.05) is 19.3 Å². The second-order valence-electron chi connectivity index (χ2n) is 17.0. The Labute approximate surface area is 377 Å². The van der Waals surface area contributed by atoms with Crippen molar-refractivity contribution in [2.45, 2.75) is 258 Å². The first-order chi connectivity index (χ1) is 30.0. The van der Waals surface area contributed by atoms with Gasteiger partial charge in [-0.25, -0.2) is 0 Å². The molecule has 0 rings (SSSR count). The summed E-state index contributed by atoms with van der Waals surface area (Å²) in [5.74, 6) is -0.982. The number of carbonyl (C=O) groups is 3. The Morgan fingerprint density at radius 2 is 0.672 bits per heavy atom. The third-order valence-corrected chi connectivity index (χ3v) is 11.0. The second-order valence-corrected chi connectivity index (χ2v) is 17.0. The predicted octanol–water partition coefficient (Wildman–Crippen LogP) is 16.9. The molecule has 0 aliphatic carbocycles. The number of hydrogen-bond acceptors (Lipinski definition) is 6. The first-order valence-corrected chi connectivity index (χ1v) is 25.8. The van der Waals surface area contributed by atoms with Crippen LogP contribution >= 0.6 is 0 Å². The molecular weight excluding hydrogens is 757 g/mol. The van der Waals surface area contributed by atoms with E-state index in [1.807, 2.05) is 6.08 Å². The standard InChI is InChI=1S/C55H96O6/c1-4-7-10-13-16-19-22-25-27-28-31-33-36-39-42-45-48-54(57)60-51-52(50-59-53(56)47-44-41-38-35-32-29-24-21-18-15-12-9-6-3)61-55(58)49-46-43-40-37-34-30-26-23-20-17-14-11-8-5-2/h8,11,17,20,27-29,32,38,41,52H,4-7,9-10,12-16,18-19,21-26,30-31,33-37,39-40,42-51H2,1-3H3/b11-8-,20-17-,28-27-,32-29-,41-38-. The lowest BCUT2D eigenvalue weighted by Crippen LogP contribution is -2.30. The van der Waals surface area contributed by atoms with Crippen molar-refractivity contribution in [3.05, 3.63) is 60.8 Å². The van der Waals surface area contributed by atoms with Gasteiger partial charge in [0.1, 0.15) is 13.2 Å². The summed E-state index contributed by atoms with van der Waals surface area (Å²) < 4.78 is 16.7. The molecule has 0 N–H and O–H groups in total. The highest BCUT2D eigenvalue weighted by atomic mass is 16.6. The zero-order valence-electron chi connectivity index (χ0n) is 40.2. The number of rotatable bonds is 46. The van der Waals surface area contributed by atoms with Crippen LogP contribution in [0.2, 0.25) is 0 Å². The van der Waals surface area contributed by atoms with Gasteiger partial charge in [0.05, 0.1) is 0 Å². The van der Waals surface area contributed by atoms with Gasteiger partial charge in [-0.1, -0.05) is 204 Å². The lowest BCUT2D eigenvalue weighted by molar-refractivity contribution is -0.166. The number of allylic oxidation sites excluding steroid dienone is 10. The van der Waals surface area contributed by atoms with Crippen molar-refractivity contribution < 1.29 is 28.6 Å². The van der Waals surface area contributed by atoms with Gasteiger partial charge in [-0.15, -0.1) is 0 Å². The van der Waals surface area contributed by atoms with Crippen LogP contribution in [0, 0.1) is 0 Å². The average molecular weight is 853 g/mol. The van der Waals surface area contributed by atoms with Gasteiger partial charge in [0.15, 0.2) is 6.10 Å². The quantitative estimate of drug-likeness (QED) is 0.0263. The number of unbranched alkanes of at least 4 members (excludes halogenated alkanes) is 25. The minimum Gasteiger partial charge on any atom is -0.462 e. The molecule has 0 saturated carbocycles. The normalized spacial score (nSPS) is 12.5. The molecule has 61 heavy (non-hydrogen) atoms. The van der Waals surface area contributed by atoms with E-state index < -0.39 is 6.10 Å². The molecule has 6 heteroatoms. The molecule has 0 aromatic heterocycles. The molecule has 352 valence electrons. The maximum absolute atomic E-state index is 12.8. The van der Waals surface area contributed by atoms with Gasteiger partial charge in [0.25, 0.3) is 0 Å². The van der Waals surface area contributed by atoms with Crippen LogP contribution in [0.1, 0.15) is 252 Å². The highest BCUT2D eigenvalue weighted by Crippen LogP contribution is 2.14. The summed E-state index contributed by atoms with van der Waals surface area (Å²) in [6, 6.07) is 0. The summed E-state index contributed by atoms with van der Waals surface area (Å²) in [6.07, 6.45) is 60.7. The molecule has 0 radical (unpaired) electrons. The highest BCUT2D eigenvalue weighted by molar-refractivity contribution is 5.71. The van der Waals surface area contributed by atoms with Crippen molar-refractivity contribution in [2.24, 2.45) is 0 Å². The molecule has 1 atom stereocenters. The van der Waals surface area contributed by atoms with E-state index in [9.17, 15) is 14.4 Å². The van der Waals surface area contributed by atoms with Gasteiger partial charge in [-0.3, -0.25) is 14.4 Å². The van der Waals surface area contributed by atoms with Crippen molar-refractivity contribution in [1.29, 1.82) is 0 Å². The summed E-state index contributed by atoms with van der Waals surface area (Å²) in [4.78, 5) is 37.9. The minimum atomic E-state index is -0.803. The molecule has 0 spiro atoms. The van der Waals surface area contributed by atoms with Crippen LogP contribution in [0.25, 0.3) is 0 Å². The third-order valence-electron chi connectivity index (χ3n) is 11.0. The second kappa shape index (κ2) is 49.8. The molecule has 0 heterocycles. The summed E-state index contributed by atoms with van der Waals surface area (Å²) >= 11 is 0. The first kappa shape index (κ1) is 58.1. The lowest BCUT2D eigenvalue weighted by atomic mass is 10.1. The Kier molecular flexibility index (Phi) is 47.4. The van der Waals surface area contributed by atoms with Crippen LogP contribution in [-0.4, -0.2) is 37.2 Å². The summed E-state index contributed by atoms with van der Waals surface area (Å²) in [5.41, 5.74) is 0. The maximum atomic E-state index is 12.8. The van der Waals surface area contributed by atoms with Crippen molar-refractivity contribution in [1.82, 2.24) is 0 Å². The van der Waals surface area contributed by atoms with E-state index in [0.717, 1.165) is 77.0 Å². The molecule has 0 aromatic carbocycles. The Hall–Kier alpha value is -2.89. The first-order valence-electron chi connectivity index (χ1n) is 25.8. The van der Waals surface area contributed by atoms with E-state index in [4.69, 9.17) is 14.2 Å². The molecule has 0 fully saturated rings. The summed E-state index contributed by atoms with van der Waals surface area (Å²) in [5, 5.41) is 0. The fourth-order valence-electron chi connectivity index (χ4n) is 7.12. The molecule has 1 unspecified atom stereocenters. The number of ether oxygens (including phenoxy) is 3. The van der Waals surface area contributed by atoms with Crippen LogP contribution in [0.3, 0.4) is 0 Å². The van der Waals surface area contributed by atoms with Crippen molar-refractivity contribution in [2.75, 3.05) is 13.2 Å². The third kappa shape index (κ3) is 48.0. The molecule has 0 aliphatic heterocycles. The minimum absolute atomic E-state index is 0.0986. The molecule has 0 bridgehead atoms. The summed E-state index contributed by atoms with van der Waals surface area (Å²) in [7, 11) is 0. The fourth-order valence-corrected chi connectivity index (χ4v) is 7.12. The summed E-state index contributed by atoms with van der Waals surface area (Å²) in [6.45, 7) is 6.46. The molecule has 0 aromatic rings. The lowest BCUT2D eigenvalue weighted by Gasteiger charge is -2.18. The van der Waals surface area contributed by atoms with E-state index in [1.54, 1.807) is 0 Å². The van der Waals surface area contributed by atoms with Gasteiger partial charge in [-0.2, -0.15) is 0 Å². The molecular formula is C55H96O6. The van der Waals surface area contributed by atoms with Crippen LogP contribution in [0.4, 0.5) is 0 Å². The van der Waals surface area contributed by atoms with Gasteiger partial charge >= 0.3 is 17.9 Å². The Morgan fingerprint density at radius 3 is 1.10 bits per heavy atom. The van der Waals surface area contributed by atoms with E-state index in [1.165, 1.54) is 128 Å². The van der Waals surface area contributed by atoms with Gasteiger partial charge in [0.2, 0.25) is 0 Å². The van der Waals surface area contributed by atoms with E-state index in [0.29, 0.717) is 19.3 Å². The monoisotopic (exact) mass is 853 g/mol. The molecule has 6 nitrogen and oxygen atoms in total. The number of hydrogen-bond donors (Lipinski definition) is 0. The topological polar surface area (TPSA) is 78.9 Å². The Bertz CT molecular complexity index is 1120. The average Bonchev–Trinajstić information content (AvgIpc) is 3.26. The largest absolute Gasteiger partial charge is 0.462 e. The number of esters is 3. The van der Waals surface area contributed by atoms with E-state index >= 15 is 0 Å². The molecule has 0 aliphatic rings. The zero-order chi connectivity index (χ0) is 44.4. The zero-order valence-corrected chi connectivity index (χ0v) is 40.2. The highest BCUT2D eigenvalue weighted by Gasteiger charge is 2.19. The van der Waals surface area contributed by atoms with Crippen LogP contribution in [0.15, 0.2) is 60.8 Å². The van der Waals surface area contributed by atoms with E-state index in [-0.39, 0.29) is 37.5 Å². The fraction of sp³-hybridized carbons (Fsp3) is 0.764. The number of carbonyl (C=O) groups excluding carboxylic acids is 3. The SMILES string of the molecule is CC/C=C\C/C=C\CCCCCCCCCC(=O)OC(COC(=O)CC/C=C\C/C=C\CCCCCCCC)COC(=O)CCCCCCC/C=C\CCCCCCCCC. The molecule has 0 amide bonds. The van der Waals surface area contributed by atoms with Crippen LogP contribution in [0.5, 0.6) is 0 Å². The van der Waals surface area contributed by atoms with Crippen LogP contribution in [-0.2, 0) is 28.6 Å². The van der Waals surface area contributed by atoms with E-state index in [2.05, 4.69) is 75.5 Å². The Balaban J connectivity index is 4.45. The smallest absolute Gasteiger partial charge is 0.306 e. The van der Waals surface area contributed by atoms with Gasteiger partial charge < -0.3 is 14.2 Å². The van der Waals surface area contributed by atoms with Crippen LogP contribution < -0.4 is 0 Å². The predicted molar refractivity (Wildman–Crippen MR) is 261 cm³/mol.